The summed E-state index contributed by atoms with van der Waals surface area (Å²) in [5, 5.41) is 6.94. The zero-order valence-electron chi connectivity index (χ0n) is 23.9. The van der Waals surface area contributed by atoms with Gasteiger partial charge in [0.05, 0.1) is 42.7 Å². The lowest BCUT2D eigenvalue weighted by Crippen LogP contribution is -2.54. The Kier molecular flexibility index (Phi) is 6.03. The lowest BCUT2D eigenvalue weighted by molar-refractivity contribution is -0.0893. The van der Waals surface area contributed by atoms with Gasteiger partial charge in [-0.25, -0.2) is 9.97 Å². The predicted octanol–water partition coefficient (Wildman–Crippen LogP) is 4.64. The van der Waals surface area contributed by atoms with Crippen molar-refractivity contribution in [3.63, 3.8) is 0 Å². The lowest BCUT2D eigenvalue weighted by atomic mass is 9.73. The fraction of sp³-hybridized carbons (Fsp3) is 0.516. The highest BCUT2D eigenvalue weighted by atomic mass is 16.5. The van der Waals surface area contributed by atoms with E-state index in [1.54, 1.807) is 0 Å². The third kappa shape index (κ3) is 4.31. The molecule has 7 rings (SSSR count). The highest BCUT2D eigenvalue weighted by Crippen LogP contribution is 2.53. The van der Waals surface area contributed by atoms with Gasteiger partial charge in [-0.05, 0) is 76.6 Å². The number of anilines is 5. The minimum Gasteiger partial charge on any atom is -0.378 e. The van der Waals surface area contributed by atoms with Crippen LogP contribution in [0.5, 0.6) is 0 Å². The molecular weight excluding hydrogens is 502 g/mol. The van der Waals surface area contributed by atoms with Crippen molar-refractivity contribution in [3.05, 3.63) is 59.9 Å². The van der Waals surface area contributed by atoms with Crippen LogP contribution >= 0.6 is 0 Å². The van der Waals surface area contributed by atoms with Crippen molar-refractivity contribution < 1.29 is 9.47 Å². The molecule has 0 radical (unpaired) electrons. The topological polar surface area (TPSA) is 87.7 Å². The lowest BCUT2D eigenvalue weighted by Gasteiger charge is -2.46. The molecule has 2 atom stereocenters. The molecular formula is C31H39N7O2. The van der Waals surface area contributed by atoms with Crippen LogP contribution in [-0.2, 0) is 20.4 Å². The summed E-state index contributed by atoms with van der Waals surface area (Å²) in [6, 6.07) is 15.0. The number of morpholine rings is 1. The fourth-order valence-corrected chi connectivity index (χ4v) is 6.55. The quantitative estimate of drug-likeness (QED) is 0.464. The van der Waals surface area contributed by atoms with Crippen molar-refractivity contribution in [1.82, 2.24) is 20.3 Å². The summed E-state index contributed by atoms with van der Waals surface area (Å²) < 4.78 is 11.9. The molecule has 40 heavy (non-hydrogen) atoms. The summed E-state index contributed by atoms with van der Waals surface area (Å²) >= 11 is 0. The second-order valence-corrected chi connectivity index (χ2v) is 12.5. The van der Waals surface area contributed by atoms with E-state index < -0.39 is 0 Å². The average Bonchev–Trinajstić information content (AvgIpc) is 3.74. The number of nitrogens with one attached hydrogen (secondary N) is 2. The molecule has 1 saturated carbocycles. The first-order valence-corrected chi connectivity index (χ1v) is 14.5. The molecule has 3 fully saturated rings. The minimum absolute atomic E-state index is 0.0113. The van der Waals surface area contributed by atoms with E-state index in [1.807, 2.05) is 13.2 Å². The third-order valence-electron chi connectivity index (χ3n) is 9.31. The first kappa shape index (κ1) is 25.7. The van der Waals surface area contributed by atoms with E-state index in [9.17, 15) is 0 Å². The van der Waals surface area contributed by atoms with E-state index in [0.717, 1.165) is 74.1 Å². The highest BCUT2D eigenvalue weighted by Gasteiger charge is 2.55. The Morgan fingerprint density at radius 2 is 1.75 bits per heavy atom. The highest BCUT2D eigenvalue weighted by molar-refractivity contribution is 5.71. The van der Waals surface area contributed by atoms with Gasteiger partial charge in [0.1, 0.15) is 11.6 Å². The normalized spacial score (nSPS) is 26.2. The standard InChI is InChI=1S/C31H39N7O2/c1-29(2)18-25-30(3,20-40-29)23-19-33-28(34-21-8-10-22(11-9-21)37-14-16-39-17-15-37)36-27(23)38(25)26-7-5-6-24(35-26)31(32-4)12-13-31/h5-11,19,25,32H,12-18,20H2,1-4H3,(H,33,34,36)/t25?,30-/m0/s1. The number of hydrogen-bond donors (Lipinski definition) is 2. The monoisotopic (exact) mass is 541 g/mol. The van der Waals surface area contributed by atoms with Gasteiger partial charge in [0.25, 0.3) is 0 Å². The SMILES string of the molecule is CNC1(c2cccc(N3c4nc(Nc5ccc(N6CCOCC6)cc5)ncc4[C@]4(C)COC(C)(C)CC34)n2)CC1. The Hall–Kier alpha value is -3.27. The van der Waals surface area contributed by atoms with E-state index in [0.29, 0.717) is 12.6 Å². The van der Waals surface area contributed by atoms with Crippen LogP contribution in [0.4, 0.5) is 29.0 Å². The van der Waals surface area contributed by atoms with Gasteiger partial charge < -0.3 is 29.9 Å². The van der Waals surface area contributed by atoms with Gasteiger partial charge >= 0.3 is 0 Å². The zero-order chi connectivity index (χ0) is 27.5. The third-order valence-corrected chi connectivity index (χ3v) is 9.31. The molecule has 2 saturated heterocycles. The molecule has 0 spiro atoms. The largest absolute Gasteiger partial charge is 0.378 e. The van der Waals surface area contributed by atoms with Gasteiger partial charge in [0.15, 0.2) is 0 Å². The number of pyridine rings is 1. The van der Waals surface area contributed by atoms with Gasteiger partial charge in [-0.3, -0.25) is 0 Å². The summed E-state index contributed by atoms with van der Waals surface area (Å²) in [6.07, 6.45) is 5.08. The summed E-state index contributed by atoms with van der Waals surface area (Å²) in [5.74, 6) is 2.43. The summed E-state index contributed by atoms with van der Waals surface area (Å²) in [7, 11) is 2.03. The van der Waals surface area contributed by atoms with Crippen molar-refractivity contribution in [2.24, 2.45) is 0 Å². The maximum absolute atomic E-state index is 6.38. The van der Waals surface area contributed by atoms with Gasteiger partial charge in [-0.15, -0.1) is 0 Å². The van der Waals surface area contributed by atoms with Crippen molar-refractivity contribution in [2.75, 3.05) is 55.1 Å². The molecule has 2 aromatic heterocycles. The van der Waals surface area contributed by atoms with Gasteiger partial charge in [-0.2, -0.15) is 4.98 Å². The molecule has 5 heterocycles. The van der Waals surface area contributed by atoms with Crippen LogP contribution in [0, 0.1) is 0 Å². The van der Waals surface area contributed by atoms with Crippen LogP contribution in [0.15, 0.2) is 48.7 Å². The van der Waals surface area contributed by atoms with Crippen LogP contribution in [-0.4, -0.2) is 66.6 Å². The number of rotatable bonds is 6. The molecule has 1 unspecified atom stereocenters. The summed E-state index contributed by atoms with van der Waals surface area (Å²) in [6.45, 7) is 10.6. The molecule has 0 amide bonds. The van der Waals surface area contributed by atoms with E-state index in [-0.39, 0.29) is 22.6 Å². The maximum Gasteiger partial charge on any atom is 0.229 e. The van der Waals surface area contributed by atoms with Crippen LogP contribution in [0.1, 0.15) is 51.3 Å². The minimum atomic E-state index is -0.235. The fourth-order valence-electron chi connectivity index (χ4n) is 6.55. The maximum atomic E-state index is 6.38. The molecule has 3 aromatic rings. The van der Waals surface area contributed by atoms with Crippen molar-refractivity contribution in [1.29, 1.82) is 0 Å². The Labute approximate surface area is 236 Å². The number of aromatic nitrogens is 3. The van der Waals surface area contributed by atoms with Gasteiger partial charge in [0, 0.05) is 41.6 Å². The Morgan fingerprint density at radius 3 is 2.48 bits per heavy atom. The molecule has 210 valence electrons. The molecule has 1 aliphatic carbocycles. The Bertz CT molecular complexity index is 1400. The van der Waals surface area contributed by atoms with Crippen LogP contribution < -0.4 is 20.4 Å². The molecule has 1 aromatic carbocycles. The number of nitrogens with zero attached hydrogens (tertiary/aromatic N) is 5. The van der Waals surface area contributed by atoms with Crippen molar-refractivity contribution in [3.8, 4) is 0 Å². The summed E-state index contributed by atoms with van der Waals surface area (Å²) in [5.41, 5.74) is 3.89. The number of hydrogen-bond acceptors (Lipinski definition) is 9. The summed E-state index contributed by atoms with van der Waals surface area (Å²) in [4.78, 5) is 19.8. The van der Waals surface area contributed by atoms with E-state index in [2.05, 4.69) is 83.7 Å². The second kappa shape index (κ2) is 9.39. The van der Waals surface area contributed by atoms with Crippen molar-refractivity contribution in [2.45, 2.75) is 62.6 Å². The molecule has 0 bridgehead atoms. The van der Waals surface area contributed by atoms with Gasteiger partial charge in [0.2, 0.25) is 5.95 Å². The van der Waals surface area contributed by atoms with E-state index >= 15 is 0 Å². The Balaban J connectivity index is 1.23. The second-order valence-electron chi connectivity index (χ2n) is 12.5. The zero-order valence-corrected chi connectivity index (χ0v) is 23.9. The molecule has 4 aliphatic rings. The molecule has 2 N–H and O–H groups in total. The first-order chi connectivity index (χ1) is 19.3. The van der Waals surface area contributed by atoms with Crippen LogP contribution in [0.25, 0.3) is 0 Å². The number of fused-ring (bicyclic) bond motifs is 3. The average molecular weight is 542 g/mol. The molecule has 9 heteroatoms. The predicted molar refractivity (Wildman–Crippen MR) is 157 cm³/mol. The molecule has 3 aliphatic heterocycles. The van der Waals surface area contributed by atoms with E-state index in [4.69, 9.17) is 24.4 Å². The van der Waals surface area contributed by atoms with Crippen LogP contribution in [0.3, 0.4) is 0 Å². The number of ether oxygens (including phenoxy) is 2. The smallest absolute Gasteiger partial charge is 0.229 e. The van der Waals surface area contributed by atoms with Crippen LogP contribution in [0.2, 0.25) is 0 Å². The van der Waals surface area contributed by atoms with E-state index in [1.165, 1.54) is 5.69 Å². The first-order valence-electron chi connectivity index (χ1n) is 14.5. The Morgan fingerprint density at radius 1 is 0.975 bits per heavy atom. The van der Waals surface area contributed by atoms with Gasteiger partial charge in [-0.1, -0.05) is 13.0 Å². The number of benzene rings is 1. The van der Waals surface area contributed by atoms with Crippen molar-refractivity contribution >= 4 is 29.0 Å². The molecule has 9 nitrogen and oxygen atoms in total.